The van der Waals surface area contributed by atoms with E-state index in [0.29, 0.717) is 19.6 Å². The molecule has 0 aliphatic heterocycles. The van der Waals surface area contributed by atoms with Crippen LogP contribution < -0.4 is 5.73 Å². The highest BCUT2D eigenvalue weighted by molar-refractivity contribution is 9.10. The summed E-state index contributed by atoms with van der Waals surface area (Å²) < 4.78 is 6.43. The molecule has 0 aliphatic rings. The van der Waals surface area contributed by atoms with Gasteiger partial charge in [-0.3, -0.25) is 0 Å². The molecule has 0 saturated heterocycles. The van der Waals surface area contributed by atoms with Crippen molar-refractivity contribution in [2.45, 2.75) is 19.4 Å². The molecule has 0 saturated carbocycles. The van der Waals surface area contributed by atoms with Crippen LogP contribution in [0, 0.1) is 0 Å². The number of fused-ring (bicyclic) bond motifs is 1. The third-order valence-electron chi connectivity index (χ3n) is 2.44. The molecule has 0 radical (unpaired) electrons. The van der Waals surface area contributed by atoms with E-state index in [1.165, 1.54) is 0 Å². The lowest BCUT2D eigenvalue weighted by Crippen LogP contribution is -2.26. The van der Waals surface area contributed by atoms with Crippen LogP contribution in [0.4, 0.5) is 0 Å². The molecule has 2 aromatic rings. The molecule has 6 heteroatoms. The predicted molar refractivity (Wildman–Crippen MR) is 69.8 cm³/mol. The maximum Gasteiger partial charge on any atom is 0.177 e. The molecule has 1 atom stereocenters. The third kappa shape index (κ3) is 3.02. The fourth-order valence-corrected chi connectivity index (χ4v) is 2.01. The van der Waals surface area contributed by atoms with Gasteiger partial charge in [-0.25, -0.2) is 9.97 Å². The van der Waals surface area contributed by atoms with Crippen LogP contribution in [0.3, 0.4) is 0 Å². The normalized spacial score (nSPS) is 13.1. The van der Waals surface area contributed by atoms with Crippen LogP contribution in [0.1, 0.15) is 12.7 Å². The molecule has 3 N–H and O–H groups in total. The SMILES string of the molecule is CCOC(CN)Cc1nc2ncc(Br)cc2[nH]1. The van der Waals surface area contributed by atoms with Crippen LogP contribution in [0.5, 0.6) is 0 Å². The second-order valence-electron chi connectivity index (χ2n) is 3.73. The van der Waals surface area contributed by atoms with Gasteiger partial charge >= 0.3 is 0 Å². The van der Waals surface area contributed by atoms with Crippen LogP contribution in [-0.2, 0) is 11.2 Å². The minimum atomic E-state index is 0.00371. The van der Waals surface area contributed by atoms with Crippen LogP contribution in [0.2, 0.25) is 0 Å². The molecule has 0 aliphatic carbocycles. The number of rotatable bonds is 5. The lowest BCUT2D eigenvalue weighted by atomic mass is 10.2. The number of hydrogen-bond acceptors (Lipinski definition) is 4. The van der Waals surface area contributed by atoms with Crippen molar-refractivity contribution in [3.8, 4) is 0 Å². The van der Waals surface area contributed by atoms with E-state index in [9.17, 15) is 0 Å². The fourth-order valence-electron chi connectivity index (χ4n) is 1.68. The van der Waals surface area contributed by atoms with Gasteiger partial charge in [0.1, 0.15) is 5.82 Å². The van der Waals surface area contributed by atoms with E-state index < -0.39 is 0 Å². The van der Waals surface area contributed by atoms with Gasteiger partial charge in [-0.15, -0.1) is 0 Å². The summed E-state index contributed by atoms with van der Waals surface area (Å²) in [6, 6.07) is 1.96. The molecule has 2 heterocycles. The van der Waals surface area contributed by atoms with E-state index in [1.54, 1.807) is 6.20 Å². The Labute approximate surface area is 108 Å². The number of nitrogens with zero attached hydrogens (tertiary/aromatic N) is 2. The van der Waals surface area contributed by atoms with E-state index >= 15 is 0 Å². The van der Waals surface area contributed by atoms with E-state index in [0.717, 1.165) is 21.5 Å². The van der Waals surface area contributed by atoms with Crippen molar-refractivity contribution in [3.05, 3.63) is 22.6 Å². The van der Waals surface area contributed by atoms with Gasteiger partial charge in [-0.05, 0) is 28.9 Å². The van der Waals surface area contributed by atoms with Crippen LogP contribution in [0.15, 0.2) is 16.7 Å². The Morgan fingerprint density at radius 2 is 2.41 bits per heavy atom. The number of halogens is 1. The molecule has 2 aromatic heterocycles. The Bertz CT molecular complexity index is 499. The van der Waals surface area contributed by atoms with Gasteiger partial charge in [0.25, 0.3) is 0 Å². The van der Waals surface area contributed by atoms with Crippen molar-refractivity contribution < 1.29 is 4.74 Å². The molecule has 5 nitrogen and oxygen atoms in total. The first kappa shape index (κ1) is 12.5. The molecule has 0 aromatic carbocycles. The number of nitrogens with two attached hydrogens (primary N) is 1. The Morgan fingerprint density at radius 1 is 1.59 bits per heavy atom. The second kappa shape index (κ2) is 5.57. The van der Waals surface area contributed by atoms with Gasteiger partial charge in [0.15, 0.2) is 5.65 Å². The van der Waals surface area contributed by atoms with Crippen LogP contribution in [-0.4, -0.2) is 34.2 Å². The quantitative estimate of drug-likeness (QED) is 0.879. The zero-order valence-corrected chi connectivity index (χ0v) is 11.2. The first-order valence-electron chi connectivity index (χ1n) is 5.54. The fraction of sp³-hybridized carbons (Fsp3) is 0.455. The lowest BCUT2D eigenvalue weighted by molar-refractivity contribution is 0.0682. The maximum atomic E-state index is 5.64. The number of nitrogens with one attached hydrogen (secondary N) is 1. The Hall–Kier alpha value is -0.980. The van der Waals surface area contributed by atoms with Gasteiger partial charge in [-0.2, -0.15) is 0 Å². The molecule has 0 bridgehead atoms. The summed E-state index contributed by atoms with van der Waals surface area (Å²) in [4.78, 5) is 11.8. The molecule has 1 unspecified atom stereocenters. The summed E-state index contributed by atoms with van der Waals surface area (Å²) in [6.45, 7) is 3.11. The van der Waals surface area contributed by atoms with Gasteiger partial charge in [0.05, 0.1) is 11.6 Å². The van der Waals surface area contributed by atoms with Crippen molar-refractivity contribution in [1.29, 1.82) is 0 Å². The van der Waals surface area contributed by atoms with Gasteiger partial charge in [0.2, 0.25) is 0 Å². The summed E-state index contributed by atoms with van der Waals surface area (Å²) in [7, 11) is 0. The highest BCUT2D eigenvalue weighted by atomic mass is 79.9. The Balaban J connectivity index is 2.18. The third-order valence-corrected chi connectivity index (χ3v) is 2.87. The van der Waals surface area contributed by atoms with Gasteiger partial charge in [-0.1, -0.05) is 0 Å². The summed E-state index contributed by atoms with van der Waals surface area (Å²) in [6.07, 6.45) is 2.41. The number of ether oxygens (including phenoxy) is 1. The van der Waals surface area contributed by atoms with E-state index in [1.807, 2.05) is 13.0 Å². The molecular weight excluding hydrogens is 284 g/mol. The summed E-state index contributed by atoms with van der Waals surface area (Å²) in [5.41, 5.74) is 7.27. The largest absolute Gasteiger partial charge is 0.377 e. The van der Waals surface area contributed by atoms with Gasteiger partial charge in [0, 0.05) is 30.2 Å². The van der Waals surface area contributed by atoms with Crippen LogP contribution in [0.25, 0.3) is 11.2 Å². The van der Waals surface area contributed by atoms with Crippen molar-refractivity contribution in [1.82, 2.24) is 15.0 Å². The van der Waals surface area contributed by atoms with Crippen LogP contribution >= 0.6 is 15.9 Å². The minimum absolute atomic E-state index is 0.00371. The summed E-state index contributed by atoms with van der Waals surface area (Å²) >= 11 is 3.38. The zero-order valence-electron chi connectivity index (χ0n) is 9.61. The number of imidazole rings is 1. The highest BCUT2D eigenvalue weighted by Crippen LogP contribution is 2.15. The minimum Gasteiger partial charge on any atom is -0.377 e. The monoisotopic (exact) mass is 298 g/mol. The number of aromatic amines is 1. The molecule has 92 valence electrons. The first-order valence-corrected chi connectivity index (χ1v) is 6.34. The van der Waals surface area contributed by atoms with E-state index in [2.05, 4.69) is 30.9 Å². The molecule has 0 amide bonds. The van der Waals surface area contributed by atoms with Crippen molar-refractivity contribution >= 4 is 27.1 Å². The Morgan fingerprint density at radius 3 is 3.12 bits per heavy atom. The maximum absolute atomic E-state index is 5.64. The number of aromatic nitrogens is 3. The van der Waals surface area contributed by atoms with Crippen molar-refractivity contribution in [3.63, 3.8) is 0 Å². The van der Waals surface area contributed by atoms with E-state index in [4.69, 9.17) is 10.5 Å². The Kier molecular flexibility index (Phi) is 4.09. The molecule has 0 spiro atoms. The number of H-pyrrole nitrogens is 1. The van der Waals surface area contributed by atoms with E-state index in [-0.39, 0.29) is 6.10 Å². The van der Waals surface area contributed by atoms with Crippen molar-refractivity contribution in [2.75, 3.05) is 13.2 Å². The standard InChI is InChI=1S/C11H15BrN4O/c1-2-17-8(5-13)4-10-15-9-3-7(12)6-14-11(9)16-10/h3,6,8H,2,4-5,13H2,1H3,(H,14,15,16). The first-order chi connectivity index (χ1) is 8.22. The average Bonchev–Trinajstić information content (AvgIpc) is 2.69. The smallest absolute Gasteiger partial charge is 0.177 e. The molecule has 17 heavy (non-hydrogen) atoms. The topological polar surface area (TPSA) is 76.8 Å². The molecular formula is C11H15BrN4O. The van der Waals surface area contributed by atoms with Gasteiger partial charge < -0.3 is 15.5 Å². The predicted octanol–water partition coefficient (Wildman–Crippen LogP) is 1.63. The number of hydrogen-bond donors (Lipinski definition) is 2. The summed E-state index contributed by atoms with van der Waals surface area (Å²) in [5, 5.41) is 0. The highest BCUT2D eigenvalue weighted by Gasteiger charge is 2.11. The number of pyridine rings is 1. The lowest BCUT2D eigenvalue weighted by Gasteiger charge is -2.12. The average molecular weight is 299 g/mol. The molecule has 0 fully saturated rings. The summed E-state index contributed by atoms with van der Waals surface area (Å²) in [5.74, 6) is 0.856. The zero-order chi connectivity index (χ0) is 12.3. The molecule has 2 rings (SSSR count). The second-order valence-corrected chi connectivity index (χ2v) is 4.64. The van der Waals surface area contributed by atoms with Crippen molar-refractivity contribution in [2.24, 2.45) is 5.73 Å².